The fourth-order valence-corrected chi connectivity index (χ4v) is 2.33. The van der Waals surface area contributed by atoms with Gasteiger partial charge in [0.2, 0.25) is 0 Å². The van der Waals surface area contributed by atoms with Gasteiger partial charge in [-0.1, -0.05) is 36.4 Å². The van der Waals surface area contributed by atoms with Gasteiger partial charge in [0.25, 0.3) is 0 Å². The maximum absolute atomic E-state index is 6.52. The van der Waals surface area contributed by atoms with Gasteiger partial charge in [0, 0.05) is 7.11 Å². The molecule has 0 saturated heterocycles. The van der Waals surface area contributed by atoms with Crippen LogP contribution >= 0.6 is 11.6 Å². The van der Waals surface area contributed by atoms with E-state index in [1.807, 2.05) is 24.3 Å². The predicted octanol–water partition coefficient (Wildman–Crippen LogP) is 4.21. The number of ether oxygens (including phenoxy) is 2. The molecule has 0 saturated carbocycles. The largest absolute Gasteiger partial charge is 0.497 e. The molecule has 0 aromatic heterocycles. The second kappa shape index (κ2) is 7.32. The normalized spacial score (nSPS) is 12.2. The smallest absolute Gasteiger partial charge is 0.118 e. The minimum Gasteiger partial charge on any atom is -0.497 e. The third-order valence-electron chi connectivity index (χ3n) is 3.28. The first kappa shape index (κ1) is 14.9. The summed E-state index contributed by atoms with van der Waals surface area (Å²) in [5.41, 5.74) is 3.42. The highest BCUT2D eigenvalue weighted by Crippen LogP contribution is 2.30. The molecule has 0 aliphatic carbocycles. The van der Waals surface area contributed by atoms with Gasteiger partial charge in [0.1, 0.15) is 5.75 Å². The van der Waals surface area contributed by atoms with Crippen LogP contribution in [0.1, 0.15) is 22.1 Å². The van der Waals surface area contributed by atoms with Crippen molar-refractivity contribution in [2.24, 2.45) is 0 Å². The molecule has 2 aromatic rings. The van der Waals surface area contributed by atoms with Crippen LogP contribution in [0.25, 0.3) is 0 Å². The summed E-state index contributed by atoms with van der Waals surface area (Å²) >= 11 is 6.52. The van der Waals surface area contributed by atoms with Crippen LogP contribution in [0.5, 0.6) is 5.75 Å². The first-order valence-electron chi connectivity index (χ1n) is 6.60. The Morgan fingerprint density at radius 1 is 0.900 bits per heavy atom. The van der Waals surface area contributed by atoms with Crippen LogP contribution in [0.2, 0.25) is 0 Å². The van der Waals surface area contributed by atoms with E-state index in [-0.39, 0.29) is 5.38 Å². The lowest BCUT2D eigenvalue weighted by molar-refractivity contribution is 0.202. The van der Waals surface area contributed by atoms with Gasteiger partial charge in [-0.05, 0) is 35.2 Å². The predicted molar refractivity (Wildman–Crippen MR) is 82.7 cm³/mol. The fourth-order valence-electron chi connectivity index (χ4n) is 2.04. The summed E-state index contributed by atoms with van der Waals surface area (Å²) in [7, 11) is 3.37. The van der Waals surface area contributed by atoms with Crippen molar-refractivity contribution in [2.75, 3.05) is 20.8 Å². The van der Waals surface area contributed by atoms with E-state index >= 15 is 0 Å². The molecule has 0 bridgehead atoms. The van der Waals surface area contributed by atoms with E-state index in [9.17, 15) is 0 Å². The zero-order chi connectivity index (χ0) is 14.4. The highest BCUT2D eigenvalue weighted by molar-refractivity contribution is 6.22. The number of benzene rings is 2. The van der Waals surface area contributed by atoms with Crippen LogP contribution in [0.15, 0.2) is 48.5 Å². The Bertz CT molecular complexity index is 520. The Balaban J connectivity index is 2.09. The molecule has 0 aliphatic heterocycles. The summed E-state index contributed by atoms with van der Waals surface area (Å²) in [5, 5.41) is -0.141. The van der Waals surface area contributed by atoms with Crippen molar-refractivity contribution in [3.8, 4) is 5.75 Å². The lowest BCUT2D eigenvalue weighted by atomic mass is 10.0. The lowest BCUT2D eigenvalue weighted by Crippen LogP contribution is -1.97. The van der Waals surface area contributed by atoms with Gasteiger partial charge >= 0.3 is 0 Å². The Labute approximate surface area is 125 Å². The van der Waals surface area contributed by atoms with E-state index < -0.39 is 0 Å². The van der Waals surface area contributed by atoms with Crippen molar-refractivity contribution in [2.45, 2.75) is 11.8 Å². The fraction of sp³-hybridized carbons (Fsp3) is 0.294. The average molecular weight is 291 g/mol. The Morgan fingerprint density at radius 3 is 1.95 bits per heavy atom. The summed E-state index contributed by atoms with van der Waals surface area (Å²) in [6, 6.07) is 16.2. The van der Waals surface area contributed by atoms with Crippen molar-refractivity contribution in [1.29, 1.82) is 0 Å². The van der Waals surface area contributed by atoms with Crippen molar-refractivity contribution < 1.29 is 9.47 Å². The monoisotopic (exact) mass is 290 g/mol. The number of hydrogen-bond donors (Lipinski definition) is 0. The van der Waals surface area contributed by atoms with E-state index in [1.165, 1.54) is 5.56 Å². The molecule has 0 radical (unpaired) electrons. The van der Waals surface area contributed by atoms with Crippen molar-refractivity contribution in [3.05, 3.63) is 65.2 Å². The quantitative estimate of drug-likeness (QED) is 0.742. The summed E-state index contributed by atoms with van der Waals surface area (Å²) in [5.74, 6) is 0.840. The van der Waals surface area contributed by atoms with Crippen molar-refractivity contribution in [1.82, 2.24) is 0 Å². The molecule has 2 rings (SSSR count). The Morgan fingerprint density at radius 2 is 1.45 bits per heavy atom. The van der Waals surface area contributed by atoms with E-state index in [1.54, 1.807) is 14.2 Å². The second-order valence-electron chi connectivity index (χ2n) is 4.62. The molecule has 0 aliphatic rings. The highest BCUT2D eigenvalue weighted by Gasteiger charge is 2.10. The van der Waals surface area contributed by atoms with E-state index in [2.05, 4.69) is 24.3 Å². The van der Waals surface area contributed by atoms with E-state index in [0.29, 0.717) is 0 Å². The SMILES string of the molecule is COCCc1ccc(C(Cl)c2ccc(OC)cc2)cc1. The van der Waals surface area contributed by atoms with Crippen LogP contribution in [0, 0.1) is 0 Å². The molecule has 0 amide bonds. The summed E-state index contributed by atoms with van der Waals surface area (Å²) in [6.45, 7) is 0.738. The first-order valence-corrected chi connectivity index (χ1v) is 7.04. The summed E-state index contributed by atoms with van der Waals surface area (Å²) in [6.07, 6.45) is 0.923. The molecule has 0 fully saturated rings. The number of hydrogen-bond acceptors (Lipinski definition) is 2. The van der Waals surface area contributed by atoms with Gasteiger partial charge in [-0.25, -0.2) is 0 Å². The maximum Gasteiger partial charge on any atom is 0.118 e. The van der Waals surface area contributed by atoms with Crippen molar-refractivity contribution in [3.63, 3.8) is 0 Å². The minimum absolute atomic E-state index is 0.141. The van der Waals surface area contributed by atoms with Gasteiger partial charge in [-0.2, -0.15) is 0 Å². The van der Waals surface area contributed by atoms with Crippen molar-refractivity contribution >= 4 is 11.6 Å². The van der Waals surface area contributed by atoms with Crippen LogP contribution in [-0.4, -0.2) is 20.8 Å². The lowest BCUT2D eigenvalue weighted by Gasteiger charge is -2.12. The minimum atomic E-state index is -0.141. The van der Waals surface area contributed by atoms with Gasteiger partial charge in [-0.3, -0.25) is 0 Å². The number of halogens is 1. The Hall–Kier alpha value is -1.51. The van der Waals surface area contributed by atoms with Gasteiger partial charge in [0.15, 0.2) is 0 Å². The third-order valence-corrected chi connectivity index (χ3v) is 3.78. The second-order valence-corrected chi connectivity index (χ2v) is 5.06. The number of alkyl halides is 1. The first-order chi connectivity index (χ1) is 9.74. The molecule has 0 heterocycles. The molecule has 1 unspecified atom stereocenters. The molecule has 0 spiro atoms. The topological polar surface area (TPSA) is 18.5 Å². The molecular weight excluding hydrogens is 272 g/mol. The standard InChI is InChI=1S/C17H19ClO2/c1-19-12-11-13-3-5-14(6-4-13)17(18)15-7-9-16(20-2)10-8-15/h3-10,17H,11-12H2,1-2H3. The molecule has 2 nitrogen and oxygen atoms in total. The van der Waals surface area contributed by atoms with Gasteiger partial charge in [-0.15, -0.1) is 11.6 Å². The average Bonchev–Trinajstić information content (AvgIpc) is 2.53. The molecule has 0 N–H and O–H groups in total. The van der Waals surface area contributed by atoms with Gasteiger partial charge < -0.3 is 9.47 Å². The molecule has 3 heteroatoms. The molecule has 20 heavy (non-hydrogen) atoms. The van der Waals surface area contributed by atoms with Crippen LogP contribution in [0.3, 0.4) is 0 Å². The molecule has 106 valence electrons. The van der Waals surface area contributed by atoms with E-state index in [0.717, 1.165) is 29.9 Å². The molecular formula is C17H19ClO2. The number of rotatable bonds is 6. The summed E-state index contributed by atoms with van der Waals surface area (Å²) in [4.78, 5) is 0. The van der Waals surface area contributed by atoms with E-state index in [4.69, 9.17) is 21.1 Å². The van der Waals surface area contributed by atoms with Crippen LogP contribution in [0.4, 0.5) is 0 Å². The third kappa shape index (κ3) is 3.75. The Kier molecular flexibility index (Phi) is 5.45. The molecule has 1 atom stereocenters. The maximum atomic E-state index is 6.52. The van der Waals surface area contributed by atoms with Crippen LogP contribution in [-0.2, 0) is 11.2 Å². The van der Waals surface area contributed by atoms with Gasteiger partial charge in [0.05, 0.1) is 19.1 Å². The zero-order valence-corrected chi connectivity index (χ0v) is 12.6. The highest BCUT2D eigenvalue weighted by atomic mass is 35.5. The summed E-state index contributed by atoms with van der Waals surface area (Å²) < 4.78 is 10.2. The number of methoxy groups -OCH3 is 2. The molecule has 2 aromatic carbocycles. The zero-order valence-electron chi connectivity index (χ0n) is 11.8. The van der Waals surface area contributed by atoms with Crippen LogP contribution < -0.4 is 4.74 Å².